The van der Waals surface area contributed by atoms with E-state index in [0.717, 1.165) is 17.5 Å². The van der Waals surface area contributed by atoms with E-state index in [2.05, 4.69) is 20.0 Å². The van der Waals surface area contributed by atoms with Gasteiger partial charge in [0.05, 0.1) is 18.0 Å². The number of fused-ring (bicyclic) bond motifs is 3. The summed E-state index contributed by atoms with van der Waals surface area (Å²) in [5.41, 5.74) is 3.98. The first-order chi connectivity index (χ1) is 22.2. The number of aliphatic carboxylic acids is 1. The molecule has 0 radical (unpaired) electrons. The van der Waals surface area contributed by atoms with Crippen molar-refractivity contribution in [3.8, 4) is 11.6 Å². The third-order valence-corrected chi connectivity index (χ3v) is 10.8. The zero-order chi connectivity index (χ0) is 33.8. The molecule has 0 fully saturated rings. The van der Waals surface area contributed by atoms with E-state index < -0.39 is 46.5 Å². The van der Waals surface area contributed by atoms with Crippen LogP contribution in [0, 0.1) is 6.92 Å². The maximum Gasteiger partial charge on any atom is 0.573 e. The number of carbonyl (C=O) groups is 1. The SMILES string of the molecule is CC[C@@H]1CN(Cc2cc([C@H](CC(=O)O)c3cc(OC(F)(F)F)c4c(nnn4C)c3C)cc3c2CCC3)S(=O)(=O)c2cc(Cl)cnc2O1. The van der Waals surface area contributed by atoms with Crippen molar-refractivity contribution in [2.24, 2.45) is 7.05 Å². The molecule has 4 aromatic rings. The molecule has 47 heavy (non-hydrogen) atoms. The molecule has 250 valence electrons. The van der Waals surface area contributed by atoms with Gasteiger partial charge in [0.2, 0.25) is 15.9 Å². The molecular weight excluding hydrogens is 663 g/mol. The highest BCUT2D eigenvalue weighted by Crippen LogP contribution is 2.42. The molecule has 1 N–H and O–H groups in total. The number of hydrogen-bond acceptors (Lipinski definition) is 8. The first-order valence-corrected chi connectivity index (χ1v) is 16.7. The van der Waals surface area contributed by atoms with Crippen LogP contribution in [0.1, 0.15) is 65.5 Å². The second-order valence-corrected chi connectivity index (χ2v) is 14.1. The Morgan fingerprint density at radius 3 is 2.70 bits per heavy atom. The van der Waals surface area contributed by atoms with Crippen LogP contribution in [0.4, 0.5) is 13.2 Å². The highest BCUT2D eigenvalue weighted by atomic mass is 35.5. The highest BCUT2D eigenvalue weighted by Gasteiger charge is 2.37. The third kappa shape index (κ3) is 6.35. The van der Waals surface area contributed by atoms with Crippen molar-refractivity contribution in [3.05, 3.63) is 68.9 Å². The summed E-state index contributed by atoms with van der Waals surface area (Å²) in [4.78, 5) is 16.2. The molecule has 0 saturated carbocycles. The van der Waals surface area contributed by atoms with Crippen molar-refractivity contribution in [2.75, 3.05) is 6.54 Å². The predicted molar refractivity (Wildman–Crippen MR) is 164 cm³/mol. The Morgan fingerprint density at radius 2 is 2.00 bits per heavy atom. The van der Waals surface area contributed by atoms with Crippen molar-refractivity contribution in [2.45, 2.75) is 75.8 Å². The minimum Gasteiger partial charge on any atom is -0.481 e. The van der Waals surface area contributed by atoms with E-state index in [9.17, 15) is 31.5 Å². The van der Waals surface area contributed by atoms with E-state index in [-0.39, 0.29) is 45.5 Å². The molecule has 1 aliphatic heterocycles. The van der Waals surface area contributed by atoms with Crippen LogP contribution in [0.15, 0.2) is 35.4 Å². The number of aryl methyl sites for hydroxylation is 3. The molecule has 2 aliphatic rings. The summed E-state index contributed by atoms with van der Waals surface area (Å²) < 4.78 is 81.4. The average molecular weight is 694 g/mol. The molecule has 1 aliphatic carbocycles. The number of aromatic nitrogens is 4. The Bertz CT molecular complexity index is 2000. The number of nitrogens with zero attached hydrogens (tertiary/aromatic N) is 5. The quantitative estimate of drug-likeness (QED) is 0.247. The maximum atomic E-state index is 14.0. The lowest BCUT2D eigenvalue weighted by molar-refractivity contribution is -0.274. The third-order valence-electron chi connectivity index (χ3n) is 8.74. The number of alkyl halides is 3. The normalized spacial score (nSPS) is 18.3. The lowest BCUT2D eigenvalue weighted by Gasteiger charge is -2.26. The number of carboxylic acids is 1. The van der Waals surface area contributed by atoms with Crippen molar-refractivity contribution < 1.29 is 41.0 Å². The second-order valence-electron chi connectivity index (χ2n) is 11.8. The van der Waals surface area contributed by atoms with Crippen molar-refractivity contribution in [1.29, 1.82) is 0 Å². The van der Waals surface area contributed by atoms with Gasteiger partial charge in [0.25, 0.3) is 0 Å². The number of sulfonamides is 1. The predicted octanol–water partition coefficient (Wildman–Crippen LogP) is 5.68. The molecule has 0 amide bonds. The van der Waals surface area contributed by atoms with Crippen LogP contribution in [0.2, 0.25) is 5.02 Å². The van der Waals surface area contributed by atoms with Gasteiger partial charge in [-0.2, -0.15) is 4.31 Å². The lowest BCUT2D eigenvalue weighted by Crippen LogP contribution is -2.36. The Labute approximate surface area is 273 Å². The molecule has 11 nitrogen and oxygen atoms in total. The second kappa shape index (κ2) is 12.3. The van der Waals surface area contributed by atoms with Gasteiger partial charge in [-0.1, -0.05) is 35.9 Å². The van der Waals surface area contributed by atoms with Gasteiger partial charge in [-0.3, -0.25) is 4.79 Å². The van der Waals surface area contributed by atoms with E-state index in [1.807, 2.05) is 13.0 Å². The summed E-state index contributed by atoms with van der Waals surface area (Å²) >= 11 is 6.13. The molecule has 0 saturated heterocycles. The van der Waals surface area contributed by atoms with Gasteiger partial charge in [-0.05, 0) is 78.1 Å². The Balaban J connectivity index is 1.49. The molecule has 6 rings (SSSR count). The summed E-state index contributed by atoms with van der Waals surface area (Å²) in [5, 5.41) is 18.1. The fourth-order valence-electron chi connectivity index (χ4n) is 6.55. The van der Waals surface area contributed by atoms with E-state index in [1.165, 1.54) is 34.4 Å². The molecule has 16 heteroatoms. The first-order valence-electron chi connectivity index (χ1n) is 14.9. The van der Waals surface area contributed by atoms with Gasteiger partial charge in [-0.25, -0.2) is 18.1 Å². The van der Waals surface area contributed by atoms with Gasteiger partial charge < -0.3 is 14.6 Å². The molecule has 2 aromatic carbocycles. The summed E-state index contributed by atoms with van der Waals surface area (Å²) in [5.74, 6) is -2.68. The maximum absolute atomic E-state index is 14.0. The molecule has 3 heterocycles. The largest absolute Gasteiger partial charge is 0.573 e. The number of ether oxygens (including phenoxy) is 2. The number of carboxylic acid groups (broad SMARTS) is 1. The number of rotatable bonds is 8. The minimum absolute atomic E-state index is 0.0150. The molecule has 0 unspecified atom stereocenters. The fourth-order valence-corrected chi connectivity index (χ4v) is 8.32. The van der Waals surface area contributed by atoms with Crippen molar-refractivity contribution >= 4 is 38.6 Å². The standard InChI is InChI=1S/C31H31ClF3N5O6S/c1-4-21-15-40(47(43,44)26-10-20(32)13-36-30(26)45-21)14-19-9-18(8-17-6-5-7-22(17)19)24(12-27(41)42)23-11-25(46-31(33,34)35)29-28(16(23)2)37-38-39(29)3/h8-11,13,21,24H,4-7,12,14-15H2,1-3H3,(H,41,42)/t21-,24+/m1/s1. The van der Waals surface area contributed by atoms with Crippen molar-refractivity contribution in [1.82, 2.24) is 24.3 Å². The lowest BCUT2D eigenvalue weighted by atomic mass is 9.83. The van der Waals surface area contributed by atoms with Gasteiger partial charge in [0.15, 0.2) is 5.75 Å². The van der Waals surface area contributed by atoms with E-state index in [4.69, 9.17) is 16.3 Å². The van der Waals surface area contributed by atoms with Crippen LogP contribution in [0.5, 0.6) is 11.6 Å². The summed E-state index contributed by atoms with van der Waals surface area (Å²) in [6.45, 7) is 3.51. The number of hydrogen-bond donors (Lipinski definition) is 1. The topological polar surface area (TPSA) is 137 Å². The van der Waals surface area contributed by atoms with Crippen LogP contribution in [-0.4, -0.2) is 62.8 Å². The smallest absolute Gasteiger partial charge is 0.481 e. The van der Waals surface area contributed by atoms with E-state index in [1.54, 1.807) is 13.0 Å². The average Bonchev–Trinajstić information content (AvgIpc) is 3.61. The van der Waals surface area contributed by atoms with Gasteiger partial charge >= 0.3 is 12.3 Å². The van der Waals surface area contributed by atoms with Gasteiger partial charge in [-0.15, -0.1) is 18.3 Å². The summed E-state index contributed by atoms with van der Waals surface area (Å²) in [7, 11) is -2.69. The molecule has 0 bridgehead atoms. The van der Waals surface area contributed by atoms with Crippen LogP contribution in [-0.2, 0) is 41.3 Å². The zero-order valence-electron chi connectivity index (χ0n) is 25.6. The molecule has 2 aromatic heterocycles. The molecule has 2 atom stereocenters. The zero-order valence-corrected chi connectivity index (χ0v) is 27.2. The monoisotopic (exact) mass is 693 g/mol. The van der Waals surface area contributed by atoms with Crippen molar-refractivity contribution in [3.63, 3.8) is 0 Å². The van der Waals surface area contributed by atoms with E-state index in [0.29, 0.717) is 36.0 Å². The summed E-state index contributed by atoms with van der Waals surface area (Å²) in [6, 6.07) is 6.14. The fraction of sp³-hybridized carbons (Fsp3) is 0.419. The van der Waals surface area contributed by atoms with Crippen LogP contribution >= 0.6 is 11.6 Å². The Hall–Kier alpha value is -3.95. The van der Waals surface area contributed by atoms with Gasteiger partial charge in [0, 0.05) is 25.7 Å². The molecular formula is C31H31ClF3N5O6S. The first kappa shape index (κ1) is 33.0. The molecule has 0 spiro atoms. The van der Waals surface area contributed by atoms with Crippen LogP contribution in [0.3, 0.4) is 0 Å². The van der Waals surface area contributed by atoms with Gasteiger partial charge in [0.1, 0.15) is 22.0 Å². The Kier molecular flexibility index (Phi) is 8.59. The highest BCUT2D eigenvalue weighted by molar-refractivity contribution is 7.89. The number of benzene rings is 2. The van der Waals surface area contributed by atoms with E-state index >= 15 is 0 Å². The number of halogens is 4. The number of pyridine rings is 1. The summed E-state index contributed by atoms with van der Waals surface area (Å²) in [6.07, 6.45) is -1.98. The minimum atomic E-state index is -5.02. The van der Waals surface area contributed by atoms with Crippen LogP contribution in [0.25, 0.3) is 11.0 Å². The van der Waals surface area contributed by atoms with Crippen LogP contribution < -0.4 is 9.47 Å². The Morgan fingerprint density at radius 1 is 1.23 bits per heavy atom.